The number of hydrogen-bond donors (Lipinski definition) is 1. The van der Waals surface area contributed by atoms with Gasteiger partial charge in [0, 0.05) is 19.0 Å². The maximum atomic E-state index is 12.4. The van der Waals surface area contributed by atoms with Gasteiger partial charge in [-0.15, -0.1) is 10.2 Å². The topological polar surface area (TPSA) is 104 Å². The molecule has 0 fully saturated rings. The lowest BCUT2D eigenvalue weighted by molar-refractivity contribution is -0.113. The lowest BCUT2D eigenvalue weighted by atomic mass is 10.2. The predicted molar refractivity (Wildman–Crippen MR) is 106 cm³/mol. The predicted octanol–water partition coefficient (Wildman–Crippen LogP) is 2.88. The zero-order chi connectivity index (χ0) is 19.7. The standard InChI is InChI=1S/C18H19N7O2S/c1-4-25-17(14-6-5-7-27-14)21-22-18(25)28-10-15(26)20-12-8-13-11(2)23-24(3)16(13)19-9-12/h5-9H,4,10H2,1-3H3,(H,20,26). The van der Waals surface area contributed by atoms with E-state index in [1.807, 2.05) is 37.6 Å². The number of fused-ring (bicyclic) bond motifs is 1. The van der Waals surface area contributed by atoms with Crippen LogP contribution in [0.5, 0.6) is 0 Å². The van der Waals surface area contributed by atoms with Crippen LogP contribution >= 0.6 is 11.8 Å². The molecule has 0 spiro atoms. The first-order valence-corrected chi connectivity index (χ1v) is 9.74. The van der Waals surface area contributed by atoms with Gasteiger partial charge < -0.3 is 9.73 Å². The summed E-state index contributed by atoms with van der Waals surface area (Å²) >= 11 is 1.33. The highest BCUT2D eigenvalue weighted by molar-refractivity contribution is 7.99. The van der Waals surface area contributed by atoms with Crippen molar-refractivity contribution >= 4 is 34.4 Å². The zero-order valence-corrected chi connectivity index (χ0v) is 16.5. The minimum Gasteiger partial charge on any atom is -0.461 e. The summed E-state index contributed by atoms with van der Waals surface area (Å²) in [5.74, 6) is 1.37. The minimum atomic E-state index is -0.141. The second-order valence-corrected chi connectivity index (χ2v) is 7.11. The third-order valence-electron chi connectivity index (χ3n) is 4.25. The number of carbonyl (C=O) groups excluding carboxylic acids is 1. The van der Waals surface area contributed by atoms with Gasteiger partial charge in [-0.25, -0.2) is 4.98 Å². The number of nitrogens with zero attached hydrogens (tertiary/aromatic N) is 6. The number of carbonyl (C=O) groups is 1. The van der Waals surface area contributed by atoms with Gasteiger partial charge >= 0.3 is 0 Å². The van der Waals surface area contributed by atoms with E-state index in [2.05, 4.69) is 25.6 Å². The molecule has 0 saturated heterocycles. The summed E-state index contributed by atoms with van der Waals surface area (Å²) in [6.07, 6.45) is 3.23. The summed E-state index contributed by atoms with van der Waals surface area (Å²) < 4.78 is 9.04. The maximum absolute atomic E-state index is 12.4. The lowest BCUT2D eigenvalue weighted by Gasteiger charge is -2.07. The molecule has 28 heavy (non-hydrogen) atoms. The molecule has 0 saturated carbocycles. The van der Waals surface area contributed by atoms with Crippen molar-refractivity contribution in [3.8, 4) is 11.6 Å². The Hall–Kier alpha value is -3.14. The Labute approximate surface area is 165 Å². The average molecular weight is 397 g/mol. The van der Waals surface area contributed by atoms with Gasteiger partial charge in [-0.2, -0.15) is 5.10 Å². The Morgan fingerprint density at radius 1 is 1.36 bits per heavy atom. The second-order valence-electron chi connectivity index (χ2n) is 6.17. The number of furan rings is 1. The van der Waals surface area contributed by atoms with E-state index < -0.39 is 0 Å². The van der Waals surface area contributed by atoms with Crippen molar-refractivity contribution in [2.24, 2.45) is 7.05 Å². The van der Waals surface area contributed by atoms with Crippen molar-refractivity contribution in [1.29, 1.82) is 0 Å². The zero-order valence-electron chi connectivity index (χ0n) is 15.7. The van der Waals surface area contributed by atoms with Crippen LogP contribution in [0.3, 0.4) is 0 Å². The number of anilines is 1. The molecule has 4 aromatic heterocycles. The van der Waals surface area contributed by atoms with Crippen LogP contribution in [0.2, 0.25) is 0 Å². The number of aryl methyl sites for hydroxylation is 2. The van der Waals surface area contributed by atoms with Gasteiger partial charge in [0.05, 0.1) is 29.6 Å². The van der Waals surface area contributed by atoms with E-state index in [1.165, 1.54) is 11.8 Å². The monoisotopic (exact) mass is 397 g/mol. The largest absolute Gasteiger partial charge is 0.461 e. The Morgan fingerprint density at radius 3 is 2.96 bits per heavy atom. The van der Waals surface area contributed by atoms with Crippen molar-refractivity contribution in [3.05, 3.63) is 36.4 Å². The Kier molecular flexibility index (Phi) is 4.86. The third-order valence-corrected chi connectivity index (χ3v) is 5.22. The molecule has 0 aliphatic heterocycles. The van der Waals surface area contributed by atoms with Gasteiger partial charge in [-0.1, -0.05) is 11.8 Å². The molecule has 1 N–H and O–H groups in total. The Balaban J connectivity index is 1.44. The molecule has 4 heterocycles. The molecule has 4 aromatic rings. The minimum absolute atomic E-state index is 0.141. The van der Waals surface area contributed by atoms with Crippen molar-refractivity contribution in [1.82, 2.24) is 29.5 Å². The van der Waals surface area contributed by atoms with E-state index in [4.69, 9.17) is 4.42 Å². The van der Waals surface area contributed by atoms with Crippen LogP contribution in [-0.4, -0.2) is 41.2 Å². The fourth-order valence-corrected chi connectivity index (χ4v) is 3.77. The van der Waals surface area contributed by atoms with Gasteiger partial charge in [0.15, 0.2) is 22.4 Å². The van der Waals surface area contributed by atoms with E-state index >= 15 is 0 Å². The lowest BCUT2D eigenvalue weighted by Crippen LogP contribution is -2.15. The van der Waals surface area contributed by atoms with Crippen molar-refractivity contribution < 1.29 is 9.21 Å². The van der Waals surface area contributed by atoms with Crippen LogP contribution in [0.25, 0.3) is 22.6 Å². The quantitative estimate of drug-likeness (QED) is 0.499. The first-order valence-electron chi connectivity index (χ1n) is 8.76. The number of pyridine rings is 1. The fourth-order valence-electron chi connectivity index (χ4n) is 2.97. The van der Waals surface area contributed by atoms with Crippen LogP contribution < -0.4 is 5.32 Å². The first kappa shape index (κ1) is 18.2. The number of hydrogen-bond acceptors (Lipinski definition) is 7. The van der Waals surface area contributed by atoms with Crippen LogP contribution in [0, 0.1) is 6.92 Å². The van der Waals surface area contributed by atoms with Gasteiger partial charge in [-0.3, -0.25) is 14.0 Å². The Bertz CT molecular complexity index is 1130. The molecule has 0 unspecified atom stereocenters. The normalized spacial score (nSPS) is 11.2. The van der Waals surface area contributed by atoms with E-state index in [-0.39, 0.29) is 11.7 Å². The maximum Gasteiger partial charge on any atom is 0.234 e. The Morgan fingerprint density at radius 2 is 2.21 bits per heavy atom. The molecule has 144 valence electrons. The molecule has 0 aromatic carbocycles. The fraction of sp³-hybridized carbons (Fsp3) is 0.278. The van der Waals surface area contributed by atoms with Crippen molar-refractivity contribution in [2.45, 2.75) is 25.5 Å². The summed E-state index contributed by atoms with van der Waals surface area (Å²) in [7, 11) is 1.85. The average Bonchev–Trinajstić information content (AvgIpc) is 3.40. The summed E-state index contributed by atoms with van der Waals surface area (Å²) in [4.78, 5) is 16.8. The van der Waals surface area contributed by atoms with Crippen LogP contribution in [0.4, 0.5) is 5.69 Å². The molecular formula is C18H19N7O2S. The van der Waals surface area contributed by atoms with Crippen LogP contribution in [0.15, 0.2) is 40.2 Å². The number of amides is 1. The molecule has 0 radical (unpaired) electrons. The van der Waals surface area contributed by atoms with Crippen molar-refractivity contribution in [2.75, 3.05) is 11.1 Å². The van der Waals surface area contributed by atoms with E-state index in [0.717, 1.165) is 16.7 Å². The van der Waals surface area contributed by atoms with Gasteiger partial charge in [0.1, 0.15) is 0 Å². The molecule has 0 bridgehead atoms. The number of thioether (sulfide) groups is 1. The molecule has 0 aliphatic carbocycles. The number of rotatable bonds is 6. The summed E-state index contributed by atoms with van der Waals surface area (Å²) in [5.41, 5.74) is 2.30. The van der Waals surface area contributed by atoms with Crippen LogP contribution in [-0.2, 0) is 18.4 Å². The molecule has 0 aliphatic rings. The van der Waals surface area contributed by atoms with Crippen LogP contribution in [0.1, 0.15) is 12.6 Å². The highest BCUT2D eigenvalue weighted by Crippen LogP contribution is 2.24. The third kappa shape index (κ3) is 3.38. The first-order chi connectivity index (χ1) is 13.6. The molecule has 10 heteroatoms. The van der Waals surface area contributed by atoms with Gasteiger partial charge in [0.25, 0.3) is 0 Å². The summed E-state index contributed by atoms with van der Waals surface area (Å²) in [6, 6.07) is 5.52. The van der Waals surface area contributed by atoms with E-state index in [0.29, 0.717) is 29.0 Å². The highest BCUT2D eigenvalue weighted by atomic mass is 32.2. The SMILES string of the molecule is CCn1c(SCC(=O)Nc2cnc3c(c2)c(C)nn3C)nnc1-c1ccco1. The number of aromatic nitrogens is 6. The molecular weight excluding hydrogens is 378 g/mol. The van der Waals surface area contributed by atoms with E-state index in [1.54, 1.807) is 23.2 Å². The summed E-state index contributed by atoms with van der Waals surface area (Å²) in [6.45, 7) is 4.59. The highest BCUT2D eigenvalue weighted by Gasteiger charge is 2.16. The molecule has 1 amide bonds. The number of nitrogens with one attached hydrogen (secondary N) is 1. The smallest absolute Gasteiger partial charge is 0.234 e. The van der Waals surface area contributed by atoms with Gasteiger partial charge in [0.2, 0.25) is 5.91 Å². The van der Waals surface area contributed by atoms with Gasteiger partial charge in [-0.05, 0) is 32.0 Å². The second kappa shape index (κ2) is 7.47. The van der Waals surface area contributed by atoms with Crippen molar-refractivity contribution in [3.63, 3.8) is 0 Å². The molecule has 0 atom stereocenters. The molecule has 9 nitrogen and oxygen atoms in total. The summed E-state index contributed by atoms with van der Waals surface area (Å²) in [5, 5.41) is 17.2. The molecule has 4 rings (SSSR count). The van der Waals surface area contributed by atoms with E-state index in [9.17, 15) is 4.79 Å².